The molecule has 6 nitrogen and oxygen atoms in total. The second-order valence-corrected chi connectivity index (χ2v) is 9.03. The molecule has 0 saturated carbocycles. The van der Waals surface area contributed by atoms with Gasteiger partial charge in [0.15, 0.2) is 5.13 Å². The predicted octanol–water partition coefficient (Wildman–Crippen LogP) is 4.70. The zero-order valence-corrected chi connectivity index (χ0v) is 17.6. The van der Waals surface area contributed by atoms with Gasteiger partial charge >= 0.3 is 6.09 Å². The Balaban J connectivity index is 1.56. The Morgan fingerprint density at radius 1 is 1.18 bits per heavy atom. The van der Waals surface area contributed by atoms with Gasteiger partial charge in [0.05, 0.1) is 10.6 Å². The first-order chi connectivity index (χ1) is 13.2. The van der Waals surface area contributed by atoms with Gasteiger partial charge < -0.3 is 15.0 Å². The minimum atomic E-state index is -0.509. The van der Waals surface area contributed by atoms with Crippen LogP contribution in [0, 0.1) is 12.8 Å². The number of nitrogens with zero attached hydrogens (tertiary/aromatic N) is 2. The van der Waals surface area contributed by atoms with Crippen molar-refractivity contribution in [1.82, 2.24) is 9.88 Å². The van der Waals surface area contributed by atoms with Crippen LogP contribution in [0.4, 0.5) is 9.93 Å². The van der Waals surface area contributed by atoms with Crippen molar-refractivity contribution in [1.29, 1.82) is 0 Å². The van der Waals surface area contributed by atoms with Crippen molar-refractivity contribution in [2.75, 3.05) is 18.4 Å². The van der Waals surface area contributed by atoms with Crippen molar-refractivity contribution in [3.05, 3.63) is 36.0 Å². The quantitative estimate of drug-likeness (QED) is 0.809. The van der Waals surface area contributed by atoms with Gasteiger partial charge in [0.1, 0.15) is 5.60 Å². The molecule has 0 radical (unpaired) electrons. The number of hydrogen-bond donors (Lipinski definition) is 1. The molecule has 150 valence electrons. The number of amides is 2. The lowest BCUT2D eigenvalue weighted by molar-refractivity contribution is -0.121. The Labute approximate surface area is 169 Å². The summed E-state index contributed by atoms with van der Waals surface area (Å²) >= 11 is 1.49. The molecular formula is C21H27N3O3S. The van der Waals surface area contributed by atoms with Crippen molar-refractivity contribution in [2.24, 2.45) is 5.92 Å². The highest BCUT2D eigenvalue weighted by Crippen LogP contribution is 2.33. The lowest BCUT2D eigenvalue weighted by atomic mass is 9.96. The van der Waals surface area contributed by atoms with E-state index in [-0.39, 0.29) is 17.9 Å². The minimum absolute atomic E-state index is 0.0304. The summed E-state index contributed by atoms with van der Waals surface area (Å²) in [4.78, 5) is 32.1. The monoisotopic (exact) mass is 401 g/mol. The van der Waals surface area contributed by atoms with Gasteiger partial charge in [0, 0.05) is 19.0 Å². The van der Waals surface area contributed by atoms with Crippen LogP contribution in [-0.2, 0) is 9.53 Å². The number of hydrogen-bond acceptors (Lipinski definition) is 5. The molecule has 1 aliphatic rings. The van der Waals surface area contributed by atoms with Gasteiger partial charge in [0.25, 0.3) is 0 Å². The van der Waals surface area contributed by atoms with E-state index < -0.39 is 5.60 Å². The SMILES string of the molecule is Cc1nc(NC(=O)C2CCN(C(=O)OC(C)(C)C)CC2)sc1-c1ccccc1. The van der Waals surface area contributed by atoms with E-state index in [1.54, 1.807) is 4.90 Å². The summed E-state index contributed by atoms with van der Waals surface area (Å²) in [5.74, 6) is -0.153. The smallest absolute Gasteiger partial charge is 0.410 e. The number of nitrogens with one attached hydrogen (secondary N) is 1. The Morgan fingerprint density at radius 2 is 1.82 bits per heavy atom. The zero-order valence-electron chi connectivity index (χ0n) is 16.8. The number of piperidine rings is 1. The second kappa shape index (κ2) is 8.31. The van der Waals surface area contributed by atoms with Crippen LogP contribution >= 0.6 is 11.3 Å². The highest BCUT2D eigenvalue weighted by Gasteiger charge is 2.30. The van der Waals surface area contributed by atoms with E-state index >= 15 is 0 Å². The molecule has 0 atom stereocenters. The predicted molar refractivity (Wildman–Crippen MR) is 111 cm³/mol. The number of likely N-dealkylation sites (tertiary alicyclic amines) is 1. The van der Waals surface area contributed by atoms with Gasteiger partial charge in [0.2, 0.25) is 5.91 Å². The van der Waals surface area contributed by atoms with E-state index in [1.165, 1.54) is 11.3 Å². The van der Waals surface area contributed by atoms with Gasteiger partial charge in [-0.05, 0) is 46.1 Å². The average molecular weight is 402 g/mol. The van der Waals surface area contributed by atoms with Crippen LogP contribution < -0.4 is 5.32 Å². The Hall–Kier alpha value is -2.41. The summed E-state index contributed by atoms with van der Waals surface area (Å²) in [6.07, 6.45) is 0.941. The normalized spacial score (nSPS) is 15.4. The fraction of sp³-hybridized carbons (Fsp3) is 0.476. The number of carbonyl (C=O) groups is 2. The highest BCUT2D eigenvalue weighted by molar-refractivity contribution is 7.19. The number of carbonyl (C=O) groups excluding carboxylic acids is 2. The van der Waals surface area contributed by atoms with E-state index in [1.807, 2.05) is 58.0 Å². The topological polar surface area (TPSA) is 71.5 Å². The first kappa shape index (κ1) is 20.3. The van der Waals surface area contributed by atoms with Gasteiger partial charge in [-0.25, -0.2) is 9.78 Å². The number of anilines is 1. The molecule has 7 heteroatoms. The van der Waals surface area contributed by atoms with Crippen LogP contribution in [0.3, 0.4) is 0 Å². The molecule has 2 aromatic rings. The van der Waals surface area contributed by atoms with Crippen LogP contribution in [0.1, 0.15) is 39.3 Å². The van der Waals surface area contributed by atoms with Crippen LogP contribution in [0.5, 0.6) is 0 Å². The molecule has 1 N–H and O–H groups in total. The van der Waals surface area contributed by atoms with Gasteiger partial charge in [-0.3, -0.25) is 4.79 Å². The third-order valence-electron chi connectivity index (χ3n) is 4.58. The summed E-state index contributed by atoms with van der Waals surface area (Å²) in [6, 6.07) is 10.0. The maximum atomic E-state index is 12.7. The molecule has 3 rings (SSSR count). The Bertz CT molecular complexity index is 834. The van der Waals surface area contributed by atoms with Crippen LogP contribution in [0.25, 0.3) is 10.4 Å². The van der Waals surface area contributed by atoms with E-state index in [0.717, 1.165) is 16.1 Å². The first-order valence-corrected chi connectivity index (χ1v) is 10.4. The standard InChI is InChI=1S/C21H27N3O3S/c1-14-17(15-8-6-5-7-9-15)28-19(22-14)23-18(25)16-10-12-24(13-11-16)20(26)27-21(2,3)4/h5-9,16H,10-13H2,1-4H3,(H,22,23,25). The molecule has 1 saturated heterocycles. The molecular weight excluding hydrogens is 374 g/mol. The van der Waals surface area contributed by atoms with Crippen molar-refractivity contribution < 1.29 is 14.3 Å². The molecule has 0 aliphatic carbocycles. The Kier molecular flexibility index (Phi) is 6.03. The van der Waals surface area contributed by atoms with Crippen molar-refractivity contribution >= 4 is 28.5 Å². The van der Waals surface area contributed by atoms with Crippen molar-refractivity contribution in [3.8, 4) is 10.4 Å². The van der Waals surface area contributed by atoms with Gasteiger partial charge in [-0.2, -0.15) is 0 Å². The van der Waals surface area contributed by atoms with Crippen LogP contribution in [0.2, 0.25) is 0 Å². The highest BCUT2D eigenvalue weighted by atomic mass is 32.1. The van der Waals surface area contributed by atoms with Gasteiger partial charge in [-0.1, -0.05) is 41.7 Å². The third-order valence-corrected chi connectivity index (χ3v) is 5.70. The summed E-state index contributed by atoms with van der Waals surface area (Å²) in [5, 5.41) is 3.58. The lowest BCUT2D eigenvalue weighted by Crippen LogP contribution is -2.43. The Morgan fingerprint density at radius 3 is 2.43 bits per heavy atom. The molecule has 2 amide bonds. The molecule has 0 spiro atoms. The van der Waals surface area contributed by atoms with Crippen molar-refractivity contribution in [2.45, 2.75) is 46.1 Å². The van der Waals surface area contributed by atoms with Crippen LogP contribution in [0.15, 0.2) is 30.3 Å². The number of ether oxygens (including phenoxy) is 1. The number of thiazole rings is 1. The summed E-state index contributed by atoms with van der Waals surface area (Å²) in [5.41, 5.74) is 1.50. The number of benzene rings is 1. The second-order valence-electron chi connectivity index (χ2n) is 8.03. The summed E-state index contributed by atoms with van der Waals surface area (Å²) in [7, 11) is 0. The molecule has 0 bridgehead atoms. The molecule has 1 aromatic carbocycles. The maximum Gasteiger partial charge on any atom is 0.410 e. The fourth-order valence-corrected chi connectivity index (χ4v) is 4.14. The van der Waals surface area contributed by atoms with E-state index in [9.17, 15) is 9.59 Å². The summed E-state index contributed by atoms with van der Waals surface area (Å²) < 4.78 is 5.40. The molecule has 1 aromatic heterocycles. The molecule has 0 unspecified atom stereocenters. The molecule has 1 aliphatic heterocycles. The fourth-order valence-electron chi connectivity index (χ4n) is 3.17. The minimum Gasteiger partial charge on any atom is -0.444 e. The number of rotatable bonds is 3. The van der Waals surface area contributed by atoms with E-state index in [0.29, 0.717) is 31.1 Å². The largest absolute Gasteiger partial charge is 0.444 e. The molecule has 2 heterocycles. The average Bonchev–Trinajstić information content (AvgIpc) is 3.01. The molecule has 28 heavy (non-hydrogen) atoms. The number of aromatic nitrogens is 1. The van der Waals surface area contributed by atoms with Crippen LogP contribution in [-0.4, -0.2) is 40.6 Å². The summed E-state index contributed by atoms with van der Waals surface area (Å²) in [6.45, 7) is 8.56. The molecule has 1 fully saturated rings. The van der Waals surface area contributed by atoms with E-state index in [4.69, 9.17) is 4.74 Å². The van der Waals surface area contributed by atoms with Crippen molar-refractivity contribution in [3.63, 3.8) is 0 Å². The number of aryl methyl sites for hydroxylation is 1. The van der Waals surface area contributed by atoms with Gasteiger partial charge in [-0.15, -0.1) is 0 Å². The zero-order chi connectivity index (χ0) is 20.3. The lowest BCUT2D eigenvalue weighted by Gasteiger charge is -2.32. The van der Waals surface area contributed by atoms with E-state index in [2.05, 4.69) is 10.3 Å². The third kappa shape index (κ3) is 5.10. The first-order valence-electron chi connectivity index (χ1n) is 9.54. The maximum absolute atomic E-state index is 12.7.